The largest absolute Gasteiger partial charge is 0.454 e. The third-order valence-electron chi connectivity index (χ3n) is 3.88. The van der Waals surface area contributed by atoms with E-state index in [0.717, 1.165) is 17.7 Å². The van der Waals surface area contributed by atoms with Gasteiger partial charge in [0.2, 0.25) is 18.6 Å². The number of hydrogen-bond acceptors (Lipinski definition) is 4. The third kappa shape index (κ3) is 4.03. The second kappa shape index (κ2) is 7.17. The molecule has 1 aromatic carbocycles. The summed E-state index contributed by atoms with van der Waals surface area (Å²) in [6.45, 7) is 0.830. The zero-order valence-corrected chi connectivity index (χ0v) is 12.8. The Kier molecular flexibility index (Phi) is 4.80. The van der Waals surface area contributed by atoms with Crippen LogP contribution in [0, 0.1) is 0 Å². The Balaban J connectivity index is 1.77. The number of benzene rings is 1. The average molecular weight is 316 g/mol. The number of ether oxygens (including phenoxy) is 2. The maximum Gasteiger partial charge on any atom is 0.231 e. The van der Waals surface area contributed by atoms with Crippen LogP contribution in [0.1, 0.15) is 37.3 Å². The van der Waals surface area contributed by atoms with Crippen molar-refractivity contribution in [2.75, 3.05) is 13.3 Å². The van der Waals surface area contributed by atoms with Crippen molar-refractivity contribution < 1.29 is 19.1 Å². The molecule has 2 N–H and O–H groups in total. The van der Waals surface area contributed by atoms with Crippen LogP contribution in [0.3, 0.4) is 0 Å². The molecule has 0 radical (unpaired) electrons. The van der Waals surface area contributed by atoms with Gasteiger partial charge < -0.3 is 20.1 Å². The van der Waals surface area contributed by atoms with E-state index in [0.29, 0.717) is 18.7 Å². The molecule has 0 saturated heterocycles. The summed E-state index contributed by atoms with van der Waals surface area (Å²) in [6.07, 6.45) is 5.93. The first-order valence-corrected chi connectivity index (χ1v) is 7.83. The number of hydrogen-bond donors (Lipinski definition) is 2. The Morgan fingerprint density at radius 3 is 2.74 bits per heavy atom. The van der Waals surface area contributed by atoms with E-state index in [4.69, 9.17) is 9.47 Å². The fourth-order valence-electron chi connectivity index (χ4n) is 2.64. The van der Waals surface area contributed by atoms with Crippen molar-refractivity contribution in [2.45, 2.75) is 31.7 Å². The number of amides is 2. The standard InChI is InChI=1S/C17H20N2O4/c20-16-7-8-17(21)19-13(4-2-1-3-9-18-16)12-5-6-14-15(10-12)23-11-22-14/h1-2,5-6,10,13H,3-4,7-9,11H2,(H,18,20)(H,19,21)/b2-1-/t13-/m1/s1. The van der Waals surface area contributed by atoms with E-state index < -0.39 is 0 Å². The second-order valence-electron chi connectivity index (χ2n) is 5.58. The number of fused-ring (bicyclic) bond motifs is 1. The lowest BCUT2D eigenvalue weighted by atomic mass is 10.0. The van der Waals surface area contributed by atoms with Gasteiger partial charge in [-0.05, 0) is 30.5 Å². The fraction of sp³-hybridized carbons (Fsp3) is 0.412. The third-order valence-corrected chi connectivity index (χ3v) is 3.88. The SMILES string of the molecule is O=C1CCC(=O)N[C@@H](c2ccc3c(c2)OCO3)C/C=C\CCN1. The molecule has 23 heavy (non-hydrogen) atoms. The summed E-state index contributed by atoms with van der Waals surface area (Å²) in [7, 11) is 0. The van der Waals surface area contributed by atoms with Crippen LogP contribution in [0.5, 0.6) is 11.5 Å². The van der Waals surface area contributed by atoms with E-state index in [9.17, 15) is 9.59 Å². The zero-order chi connectivity index (χ0) is 16.1. The summed E-state index contributed by atoms with van der Waals surface area (Å²) < 4.78 is 10.7. The van der Waals surface area contributed by atoms with Crippen molar-refractivity contribution in [3.63, 3.8) is 0 Å². The summed E-state index contributed by atoms with van der Waals surface area (Å²) in [4.78, 5) is 23.7. The van der Waals surface area contributed by atoms with Gasteiger partial charge in [0.05, 0.1) is 6.04 Å². The van der Waals surface area contributed by atoms with E-state index in [-0.39, 0.29) is 37.5 Å². The van der Waals surface area contributed by atoms with Crippen molar-refractivity contribution in [3.8, 4) is 11.5 Å². The highest BCUT2D eigenvalue weighted by molar-refractivity contribution is 5.83. The highest BCUT2D eigenvalue weighted by atomic mass is 16.7. The van der Waals surface area contributed by atoms with Crippen LogP contribution in [0.2, 0.25) is 0 Å². The number of nitrogens with one attached hydrogen (secondary N) is 2. The van der Waals surface area contributed by atoms with E-state index in [2.05, 4.69) is 10.6 Å². The molecule has 3 rings (SSSR count). The average Bonchev–Trinajstić information content (AvgIpc) is 3.01. The number of carbonyl (C=O) groups excluding carboxylic acids is 2. The lowest BCUT2D eigenvalue weighted by Gasteiger charge is -2.19. The predicted octanol–water partition coefficient (Wildman–Crippen LogP) is 1.82. The van der Waals surface area contributed by atoms with Gasteiger partial charge in [0, 0.05) is 19.4 Å². The topological polar surface area (TPSA) is 76.7 Å². The quantitative estimate of drug-likeness (QED) is 0.775. The molecule has 2 aliphatic rings. The first kappa shape index (κ1) is 15.4. The van der Waals surface area contributed by atoms with E-state index >= 15 is 0 Å². The van der Waals surface area contributed by atoms with Crippen LogP contribution in [0.25, 0.3) is 0 Å². The van der Waals surface area contributed by atoms with Gasteiger partial charge in [-0.1, -0.05) is 18.2 Å². The highest BCUT2D eigenvalue weighted by Gasteiger charge is 2.19. The molecule has 0 bridgehead atoms. The molecule has 6 heteroatoms. The second-order valence-corrected chi connectivity index (χ2v) is 5.58. The van der Waals surface area contributed by atoms with Gasteiger partial charge >= 0.3 is 0 Å². The summed E-state index contributed by atoms with van der Waals surface area (Å²) in [5, 5.41) is 5.79. The Morgan fingerprint density at radius 1 is 1.00 bits per heavy atom. The summed E-state index contributed by atoms with van der Waals surface area (Å²) in [5.41, 5.74) is 0.966. The van der Waals surface area contributed by atoms with Crippen LogP contribution in [-0.4, -0.2) is 25.2 Å². The lowest BCUT2D eigenvalue weighted by Crippen LogP contribution is -2.31. The Morgan fingerprint density at radius 2 is 1.83 bits per heavy atom. The van der Waals surface area contributed by atoms with Crippen LogP contribution in [-0.2, 0) is 9.59 Å². The summed E-state index contributed by atoms with van der Waals surface area (Å²) in [5.74, 6) is 1.21. The Labute approximate surface area is 134 Å². The van der Waals surface area contributed by atoms with E-state index in [1.807, 2.05) is 30.4 Å². The lowest BCUT2D eigenvalue weighted by molar-refractivity contribution is -0.126. The molecule has 2 aliphatic heterocycles. The molecule has 0 aliphatic carbocycles. The number of carbonyl (C=O) groups is 2. The summed E-state index contributed by atoms with van der Waals surface area (Å²) in [6, 6.07) is 5.55. The maximum atomic E-state index is 12.1. The van der Waals surface area contributed by atoms with Crippen LogP contribution in [0.4, 0.5) is 0 Å². The van der Waals surface area contributed by atoms with Crippen molar-refractivity contribution >= 4 is 11.8 Å². The maximum absolute atomic E-state index is 12.1. The van der Waals surface area contributed by atoms with Gasteiger partial charge in [0.1, 0.15) is 0 Å². The van der Waals surface area contributed by atoms with Crippen molar-refractivity contribution in [2.24, 2.45) is 0 Å². The van der Waals surface area contributed by atoms with Crippen LogP contribution >= 0.6 is 0 Å². The first-order valence-electron chi connectivity index (χ1n) is 7.83. The smallest absolute Gasteiger partial charge is 0.231 e. The highest BCUT2D eigenvalue weighted by Crippen LogP contribution is 2.34. The minimum atomic E-state index is -0.143. The molecular formula is C17H20N2O4. The molecule has 0 aromatic heterocycles. The monoisotopic (exact) mass is 316 g/mol. The molecule has 2 amide bonds. The van der Waals surface area contributed by atoms with Crippen molar-refractivity contribution in [1.29, 1.82) is 0 Å². The Hall–Kier alpha value is -2.50. The normalized spacial score (nSPS) is 23.2. The minimum Gasteiger partial charge on any atom is -0.454 e. The molecule has 1 atom stereocenters. The minimum absolute atomic E-state index is 0.0891. The molecule has 122 valence electrons. The van der Waals surface area contributed by atoms with Gasteiger partial charge in [-0.3, -0.25) is 9.59 Å². The number of rotatable bonds is 1. The molecule has 6 nitrogen and oxygen atoms in total. The zero-order valence-electron chi connectivity index (χ0n) is 12.8. The fourth-order valence-corrected chi connectivity index (χ4v) is 2.64. The van der Waals surface area contributed by atoms with Crippen LogP contribution in [0.15, 0.2) is 30.4 Å². The van der Waals surface area contributed by atoms with Gasteiger partial charge in [0.15, 0.2) is 11.5 Å². The first-order chi connectivity index (χ1) is 11.2. The molecule has 0 saturated carbocycles. The molecule has 0 unspecified atom stereocenters. The molecule has 0 spiro atoms. The molecule has 1 aromatic rings. The summed E-state index contributed by atoms with van der Waals surface area (Å²) >= 11 is 0. The van der Waals surface area contributed by atoms with Crippen molar-refractivity contribution in [3.05, 3.63) is 35.9 Å². The van der Waals surface area contributed by atoms with Gasteiger partial charge in [-0.15, -0.1) is 0 Å². The van der Waals surface area contributed by atoms with Gasteiger partial charge in [0.25, 0.3) is 0 Å². The van der Waals surface area contributed by atoms with E-state index in [1.165, 1.54) is 0 Å². The van der Waals surface area contributed by atoms with Gasteiger partial charge in [-0.25, -0.2) is 0 Å². The van der Waals surface area contributed by atoms with E-state index in [1.54, 1.807) is 0 Å². The van der Waals surface area contributed by atoms with Gasteiger partial charge in [-0.2, -0.15) is 0 Å². The molecular weight excluding hydrogens is 296 g/mol. The molecule has 2 heterocycles. The molecule has 0 fully saturated rings. The predicted molar refractivity (Wildman–Crippen MR) is 84.1 cm³/mol. The van der Waals surface area contributed by atoms with Crippen LogP contribution < -0.4 is 20.1 Å². The van der Waals surface area contributed by atoms with Crippen molar-refractivity contribution in [1.82, 2.24) is 10.6 Å². The Bertz CT molecular complexity index is 627.